The third kappa shape index (κ3) is 13.2. The number of aliphatic hydroxyl groups excluding tert-OH is 2. The van der Waals surface area contributed by atoms with E-state index in [1.807, 2.05) is 30.3 Å². The molecule has 2 amide bonds. The summed E-state index contributed by atoms with van der Waals surface area (Å²) in [4.78, 5) is 25.5. The SMILES string of the molecule is NOCC(O)CN1CCCCC1.O=C(NCc1ccccc1)NOCC(O)CN1CCCCC1. The van der Waals surface area contributed by atoms with E-state index in [1.165, 1.54) is 38.5 Å². The van der Waals surface area contributed by atoms with Gasteiger partial charge in [0, 0.05) is 19.6 Å². The number of hydroxylamine groups is 1. The van der Waals surface area contributed by atoms with Gasteiger partial charge in [0.05, 0.1) is 18.8 Å². The van der Waals surface area contributed by atoms with Crippen LogP contribution in [0.5, 0.6) is 0 Å². The number of hydrogen-bond donors (Lipinski definition) is 5. The number of β-amino-alcohol motifs (C(OH)–C–C–N with tert-alkyl or cyclic N) is 2. The zero-order valence-electron chi connectivity index (χ0n) is 20.2. The second kappa shape index (κ2) is 17.6. The van der Waals surface area contributed by atoms with Crippen molar-refractivity contribution in [2.75, 3.05) is 52.5 Å². The van der Waals surface area contributed by atoms with Crippen LogP contribution >= 0.6 is 0 Å². The van der Waals surface area contributed by atoms with E-state index in [2.05, 4.69) is 25.4 Å². The third-order valence-electron chi connectivity index (χ3n) is 5.86. The zero-order chi connectivity index (χ0) is 24.4. The third-order valence-corrected chi connectivity index (χ3v) is 5.86. The molecule has 0 saturated carbocycles. The molecule has 2 heterocycles. The normalized spacial score (nSPS) is 18.9. The summed E-state index contributed by atoms with van der Waals surface area (Å²) in [5.41, 5.74) is 3.31. The maximum atomic E-state index is 11.5. The number of rotatable bonds is 11. The van der Waals surface area contributed by atoms with E-state index in [1.54, 1.807) is 0 Å². The lowest BCUT2D eigenvalue weighted by Gasteiger charge is -2.28. The minimum Gasteiger partial charge on any atom is -0.389 e. The van der Waals surface area contributed by atoms with Crippen molar-refractivity contribution < 1.29 is 24.7 Å². The van der Waals surface area contributed by atoms with E-state index in [4.69, 9.17) is 10.7 Å². The second-order valence-corrected chi connectivity index (χ2v) is 8.94. The summed E-state index contributed by atoms with van der Waals surface area (Å²) < 4.78 is 0. The Bertz CT molecular complexity index is 642. The van der Waals surface area contributed by atoms with E-state index in [0.29, 0.717) is 19.6 Å². The number of carbonyl (C=O) groups excluding carboxylic acids is 1. The minimum absolute atomic E-state index is 0.0925. The van der Waals surface area contributed by atoms with Gasteiger partial charge in [-0.05, 0) is 57.4 Å². The van der Waals surface area contributed by atoms with E-state index in [-0.39, 0.29) is 13.2 Å². The molecule has 3 rings (SSSR count). The number of nitrogens with zero attached hydrogens (tertiary/aromatic N) is 2. The zero-order valence-corrected chi connectivity index (χ0v) is 20.2. The fourth-order valence-electron chi connectivity index (χ4n) is 4.11. The minimum atomic E-state index is -0.590. The highest BCUT2D eigenvalue weighted by Gasteiger charge is 2.15. The quantitative estimate of drug-likeness (QED) is 0.296. The predicted octanol–water partition coefficient (Wildman–Crippen LogP) is 0.988. The Hall–Kier alpha value is -1.79. The molecule has 10 heteroatoms. The summed E-state index contributed by atoms with van der Waals surface area (Å²) in [6, 6.07) is 9.22. The monoisotopic (exact) mass is 481 g/mol. The average Bonchev–Trinajstić information content (AvgIpc) is 2.85. The van der Waals surface area contributed by atoms with Crippen molar-refractivity contribution >= 4 is 6.03 Å². The highest BCUT2D eigenvalue weighted by atomic mass is 16.7. The summed E-state index contributed by atoms with van der Waals surface area (Å²) in [6.45, 7) is 6.30. The lowest BCUT2D eigenvalue weighted by atomic mass is 10.1. The Labute approximate surface area is 203 Å². The van der Waals surface area contributed by atoms with Crippen LogP contribution in [0.4, 0.5) is 4.79 Å². The van der Waals surface area contributed by atoms with Crippen LogP contribution in [0.25, 0.3) is 0 Å². The standard InChI is InChI=1S/C16H25N3O3.C8H18N2O2/c20-15(12-19-9-5-2-6-10-19)13-22-18-16(21)17-11-14-7-3-1-4-8-14;9-12-7-8(11)6-10-4-2-1-3-5-10/h1,3-4,7-8,15,20H,2,5-6,9-13H2,(H2,17,18,21);8,11H,1-7,9H2. The number of nitrogens with two attached hydrogens (primary N) is 1. The molecule has 0 aliphatic carbocycles. The number of nitrogens with one attached hydrogen (secondary N) is 2. The lowest BCUT2D eigenvalue weighted by molar-refractivity contribution is -0.0175. The Morgan fingerprint density at radius 3 is 1.94 bits per heavy atom. The topological polar surface area (TPSA) is 133 Å². The molecule has 2 atom stereocenters. The molecule has 2 unspecified atom stereocenters. The molecule has 2 aliphatic rings. The summed E-state index contributed by atoms with van der Waals surface area (Å²) >= 11 is 0. The second-order valence-electron chi connectivity index (χ2n) is 8.94. The number of benzene rings is 1. The number of urea groups is 1. The molecule has 2 aliphatic heterocycles. The fraction of sp³-hybridized carbons (Fsp3) is 0.708. The number of aliphatic hydroxyl groups is 2. The van der Waals surface area contributed by atoms with Crippen LogP contribution in [0.15, 0.2) is 30.3 Å². The first-order chi connectivity index (χ1) is 16.6. The Balaban J connectivity index is 0.000000287. The van der Waals surface area contributed by atoms with E-state index in [0.717, 1.165) is 31.7 Å². The molecule has 1 aromatic rings. The first kappa shape index (κ1) is 28.4. The van der Waals surface area contributed by atoms with Crippen LogP contribution in [-0.2, 0) is 16.2 Å². The molecular formula is C24H43N5O5. The van der Waals surface area contributed by atoms with Crippen LogP contribution in [0.2, 0.25) is 0 Å². The first-order valence-corrected chi connectivity index (χ1v) is 12.4. The highest BCUT2D eigenvalue weighted by molar-refractivity contribution is 5.72. The largest absolute Gasteiger partial charge is 0.389 e. The molecule has 0 spiro atoms. The van der Waals surface area contributed by atoms with Crippen LogP contribution in [-0.4, -0.2) is 90.7 Å². The van der Waals surface area contributed by atoms with Gasteiger partial charge in [0.25, 0.3) is 0 Å². The molecule has 10 nitrogen and oxygen atoms in total. The van der Waals surface area contributed by atoms with Crippen LogP contribution < -0.4 is 16.7 Å². The van der Waals surface area contributed by atoms with Crippen molar-refractivity contribution in [1.82, 2.24) is 20.6 Å². The van der Waals surface area contributed by atoms with Gasteiger partial charge in [-0.1, -0.05) is 43.2 Å². The summed E-state index contributed by atoms with van der Waals surface area (Å²) in [5, 5.41) is 21.9. The van der Waals surface area contributed by atoms with E-state index in [9.17, 15) is 15.0 Å². The van der Waals surface area contributed by atoms with Crippen molar-refractivity contribution in [2.45, 2.75) is 57.3 Å². The number of amides is 2. The fourth-order valence-corrected chi connectivity index (χ4v) is 4.11. The van der Waals surface area contributed by atoms with Gasteiger partial charge in [-0.15, -0.1) is 0 Å². The van der Waals surface area contributed by atoms with Gasteiger partial charge in [0.15, 0.2) is 0 Å². The van der Waals surface area contributed by atoms with Gasteiger partial charge in [0.1, 0.15) is 6.61 Å². The van der Waals surface area contributed by atoms with E-state index >= 15 is 0 Å². The highest BCUT2D eigenvalue weighted by Crippen LogP contribution is 2.09. The Kier molecular flexibility index (Phi) is 14.7. The average molecular weight is 482 g/mol. The van der Waals surface area contributed by atoms with Gasteiger partial charge in [-0.25, -0.2) is 16.2 Å². The number of hydrogen-bond acceptors (Lipinski definition) is 8. The molecule has 34 heavy (non-hydrogen) atoms. The van der Waals surface area contributed by atoms with E-state index < -0.39 is 18.2 Å². The van der Waals surface area contributed by atoms with Crippen LogP contribution in [0.3, 0.4) is 0 Å². The molecule has 1 aromatic carbocycles. The van der Waals surface area contributed by atoms with Crippen molar-refractivity contribution in [3.63, 3.8) is 0 Å². The summed E-state index contributed by atoms with van der Waals surface area (Å²) in [6.07, 6.45) is 6.43. The number of piperidine rings is 2. The maximum absolute atomic E-state index is 11.5. The van der Waals surface area contributed by atoms with Crippen molar-refractivity contribution in [1.29, 1.82) is 0 Å². The smallest absolute Gasteiger partial charge is 0.338 e. The molecule has 2 saturated heterocycles. The first-order valence-electron chi connectivity index (χ1n) is 12.4. The van der Waals surface area contributed by atoms with Crippen molar-refractivity contribution in [3.05, 3.63) is 35.9 Å². The lowest BCUT2D eigenvalue weighted by Crippen LogP contribution is -2.41. The maximum Gasteiger partial charge on any atom is 0.338 e. The molecule has 194 valence electrons. The van der Waals surface area contributed by atoms with Crippen molar-refractivity contribution in [2.24, 2.45) is 5.90 Å². The van der Waals surface area contributed by atoms with Gasteiger partial charge in [-0.3, -0.25) is 4.84 Å². The molecule has 0 radical (unpaired) electrons. The summed E-state index contributed by atoms with van der Waals surface area (Å²) in [5.74, 6) is 4.86. The van der Waals surface area contributed by atoms with Gasteiger partial charge in [-0.2, -0.15) is 0 Å². The molecule has 0 bridgehead atoms. The number of likely N-dealkylation sites (tertiary alicyclic amines) is 2. The molecule has 0 aromatic heterocycles. The van der Waals surface area contributed by atoms with Gasteiger partial charge in [0.2, 0.25) is 0 Å². The molecular weight excluding hydrogens is 438 g/mol. The number of carbonyl (C=O) groups is 1. The molecule has 2 fully saturated rings. The Morgan fingerprint density at radius 2 is 1.41 bits per heavy atom. The predicted molar refractivity (Wildman–Crippen MR) is 131 cm³/mol. The molecule has 6 N–H and O–H groups in total. The summed E-state index contributed by atoms with van der Waals surface area (Å²) in [7, 11) is 0. The van der Waals surface area contributed by atoms with Gasteiger partial charge < -0.3 is 30.2 Å². The Morgan fingerprint density at radius 1 is 0.882 bits per heavy atom. The van der Waals surface area contributed by atoms with Crippen LogP contribution in [0.1, 0.15) is 44.1 Å². The van der Waals surface area contributed by atoms with Gasteiger partial charge >= 0.3 is 6.03 Å². The van der Waals surface area contributed by atoms with Crippen molar-refractivity contribution in [3.8, 4) is 0 Å². The van der Waals surface area contributed by atoms with Crippen LogP contribution in [0, 0.1) is 0 Å².